The number of benzene rings is 3. The van der Waals surface area contributed by atoms with Gasteiger partial charge in [-0.15, -0.1) is 0 Å². The lowest BCUT2D eigenvalue weighted by Gasteiger charge is -2.33. The van der Waals surface area contributed by atoms with Crippen LogP contribution < -0.4 is 9.62 Å². The molecule has 0 aliphatic heterocycles. The maximum absolute atomic E-state index is 14.0. The number of nitrogens with zero attached hydrogens (tertiary/aromatic N) is 2. The van der Waals surface area contributed by atoms with Gasteiger partial charge < -0.3 is 10.2 Å². The number of hydrogen-bond acceptors (Lipinski definition) is 4. The van der Waals surface area contributed by atoms with Crippen LogP contribution in [0.4, 0.5) is 18.9 Å². The molecule has 0 aliphatic carbocycles. The first-order valence-electron chi connectivity index (χ1n) is 13.1. The second-order valence-electron chi connectivity index (χ2n) is 9.31. The quantitative estimate of drug-likeness (QED) is 0.243. The van der Waals surface area contributed by atoms with Gasteiger partial charge in [0, 0.05) is 28.7 Å². The SMILES string of the molecule is CCCNC(=O)C(CC)N(Cc1c(Cl)cccc1Cl)C(=O)CN(c1cccc(C(F)(F)F)c1)S(=O)(=O)c1ccccc1. The van der Waals surface area contributed by atoms with E-state index in [2.05, 4.69) is 5.32 Å². The van der Waals surface area contributed by atoms with Gasteiger partial charge in [-0.05, 0) is 55.3 Å². The third kappa shape index (κ3) is 7.96. The summed E-state index contributed by atoms with van der Waals surface area (Å²) in [7, 11) is -4.54. The van der Waals surface area contributed by atoms with Gasteiger partial charge in [-0.1, -0.05) is 67.4 Å². The number of hydrogen-bond donors (Lipinski definition) is 1. The van der Waals surface area contributed by atoms with E-state index in [1.165, 1.54) is 30.3 Å². The van der Waals surface area contributed by atoms with E-state index in [-0.39, 0.29) is 33.6 Å². The Morgan fingerprint density at radius 3 is 2.12 bits per heavy atom. The summed E-state index contributed by atoms with van der Waals surface area (Å²) in [4.78, 5) is 28.1. The van der Waals surface area contributed by atoms with Crippen molar-refractivity contribution in [3.05, 3.63) is 94.0 Å². The molecule has 0 aliphatic rings. The molecule has 1 atom stereocenters. The van der Waals surface area contributed by atoms with Gasteiger partial charge in [-0.25, -0.2) is 8.42 Å². The molecule has 13 heteroatoms. The molecule has 0 spiro atoms. The average molecular weight is 645 g/mol. The van der Waals surface area contributed by atoms with Crippen molar-refractivity contribution in [2.75, 3.05) is 17.4 Å². The number of halogens is 5. The van der Waals surface area contributed by atoms with E-state index in [9.17, 15) is 31.2 Å². The molecule has 7 nitrogen and oxygen atoms in total. The molecular formula is C29H30Cl2F3N3O4S. The van der Waals surface area contributed by atoms with Gasteiger partial charge in [0.15, 0.2) is 0 Å². The van der Waals surface area contributed by atoms with Gasteiger partial charge in [-0.2, -0.15) is 13.2 Å². The number of carbonyl (C=O) groups is 2. The number of nitrogens with one attached hydrogen (secondary N) is 1. The average Bonchev–Trinajstić information content (AvgIpc) is 2.96. The summed E-state index contributed by atoms with van der Waals surface area (Å²) in [6.45, 7) is 2.71. The van der Waals surface area contributed by atoms with Crippen LogP contribution in [0.5, 0.6) is 0 Å². The molecule has 0 heterocycles. The van der Waals surface area contributed by atoms with Gasteiger partial charge in [0.25, 0.3) is 10.0 Å². The molecule has 0 saturated carbocycles. The van der Waals surface area contributed by atoms with Crippen LogP contribution in [-0.4, -0.2) is 44.3 Å². The third-order valence-corrected chi connectivity index (χ3v) is 8.89. The fourth-order valence-electron chi connectivity index (χ4n) is 4.23. The molecule has 3 aromatic rings. The van der Waals surface area contributed by atoms with E-state index in [1.807, 2.05) is 6.92 Å². The van der Waals surface area contributed by atoms with E-state index in [1.54, 1.807) is 31.2 Å². The molecule has 3 rings (SSSR count). The molecule has 0 fully saturated rings. The van der Waals surface area contributed by atoms with Crippen LogP contribution in [0, 0.1) is 0 Å². The summed E-state index contributed by atoms with van der Waals surface area (Å²) >= 11 is 12.7. The van der Waals surface area contributed by atoms with Crippen molar-refractivity contribution in [2.24, 2.45) is 0 Å². The monoisotopic (exact) mass is 643 g/mol. The lowest BCUT2D eigenvalue weighted by Crippen LogP contribution is -2.52. The number of sulfonamides is 1. The highest BCUT2D eigenvalue weighted by Gasteiger charge is 2.36. The first-order chi connectivity index (χ1) is 19.8. The molecule has 3 aromatic carbocycles. The molecular weight excluding hydrogens is 614 g/mol. The van der Waals surface area contributed by atoms with E-state index in [0.717, 1.165) is 17.0 Å². The summed E-state index contributed by atoms with van der Waals surface area (Å²) in [5.41, 5.74) is -1.14. The smallest absolute Gasteiger partial charge is 0.354 e. The Kier molecular flexibility index (Phi) is 11.3. The molecule has 42 heavy (non-hydrogen) atoms. The van der Waals surface area contributed by atoms with E-state index in [4.69, 9.17) is 23.2 Å². The minimum atomic E-state index is -4.76. The summed E-state index contributed by atoms with van der Waals surface area (Å²) in [5.74, 6) is -1.33. The number of carbonyl (C=O) groups excluding carboxylic acids is 2. The Balaban J connectivity index is 2.14. The fraction of sp³-hybridized carbons (Fsp3) is 0.310. The van der Waals surface area contributed by atoms with Gasteiger partial charge >= 0.3 is 6.18 Å². The maximum Gasteiger partial charge on any atom is 0.416 e. The van der Waals surface area contributed by atoms with Crippen LogP contribution in [0.3, 0.4) is 0 Å². The molecule has 1 N–H and O–H groups in total. The lowest BCUT2D eigenvalue weighted by atomic mass is 10.1. The van der Waals surface area contributed by atoms with Crippen LogP contribution >= 0.6 is 23.2 Å². The fourth-order valence-corrected chi connectivity index (χ4v) is 6.17. The summed E-state index contributed by atoms with van der Waals surface area (Å²) in [6.07, 6.45) is -3.98. The van der Waals surface area contributed by atoms with Crippen molar-refractivity contribution >= 4 is 50.7 Å². The molecule has 0 saturated heterocycles. The maximum atomic E-state index is 14.0. The predicted molar refractivity (Wildman–Crippen MR) is 157 cm³/mol. The third-order valence-electron chi connectivity index (χ3n) is 6.40. The molecule has 0 radical (unpaired) electrons. The van der Waals surface area contributed by atoms with Crippen molar-refractivity contribution in [2.45, 2.75) is 50.3 Å². The summed E-state index contributed by atoms with van der Waals surface area (Å²) in [6, 6.07) is 14.4. The number of anilines is 1. The van der Waals surface area contributed by atoms with Crippen LogP contribution in [-0.2, 0) is 32.3 Å². The molecule has 2 amide bonds. The van der Waals surface area contributed by atoms with Crippen molar-refractivity contribution in [3.8, 4) is 0 Å². The van der Waals surface area contributed by atoms with Crippen molar-refractivity contribution in [3.63, 3.8) is 0 Å². The second kappa shape index (κ2) is 14.3. The van der Waals surface area contributed by atoms with Crippen molar-refractivity contribution in [1.29, 1.82) is 0 Å². The molecule has 1 unspecified atom stereocenters. The summed E-state index contributed by atoms with van der Waals surface area (Å²) < 4.78 is 68.9. The second-order valence-corrected chi connectivity index (χ2v) is 12.0. The van der Waals surface area contributed by atoms with E-state index < -0.39 is 46.2 Å². The van der Waals surface area contributed by atoms with Crippen LogP contribution in [0.15, 0.2) is 77.7 Å². The van der Waals surface area contributed by atoms with Gasteiger partial charge in [0.1, 0.15) is 12.6 Å². The lowest BCUT2D eigenvalue weighted by molar-refractivity contribution is -0.140. The van der Waals surface area contributed by atoms with Gasteiger partial charge in [0.05, 0.1) is 16.1 Å². The first-order valence-corrected chi connectivity index (χ1v) is 15.3. The van der Waals surface area contributed by atoms with Crippen LogP contribution in [0.2, 0.25) is 10.0 Å². The van der Waals surface area contributed by atoms with Crippen LogP contribution in [0.1, 0.15) is 37.8 Å². The zero-order valence-corrected chi connectivity index (χ0v) is 25.2. The highest BCUT2D eigenvalue weighted by Crippen LogP contribution is 2.34. The standard InChI is InChI=1S/C29H30Cl2F3N3O4S/c1-3-16-35-28(39)26(4-2)36(18-23-24(30)14-9-15-25(23)31)27(38)19-37(42(40,41)22-12-6-5-7-13-22)21-11-8-10-20(17-21)29(32,33)34/h5-15,17,26H,3-4,16,18-19H2,1-2H3,(H,35,39). The molecule has 0 bridgehead atoms. The number of rotatable bonds is 12. The molecule has 226 valence electrons. The summed E-state index contributed by atoms with van der Waals surface area (Å²) in [5, 5.41) is 3.18. The van der Waals surface area contributed by atoms with Crippen molar-refractivity contribution in [1.82, 2.24) is 10.2 Å². The van der Waals surface area contributed by atoms with E-state index in [0.29, 0.717) is 28.9 Å². The Morgan fingerprint density at radius 1 is 0.929 bits per heavy atom. The zero-order valence-electron chi connectivity index (χ0n) is 22.9. The van der Waals surface area contributed by atoms with Gasteiger partial charge in [-0.3, -0.25) is 13.9 Å². The number of amides is 2. The molecule has 0 aromatic heterocycles. The van der Waals surface area contributed by atoms with E-state index >= 15 is 0 Å². The Labute approximate surface area is 253 Å². The van der Waals surface area contributed by atoms with Gasteiger partial charge in [0.2, 0.25) is 11.8 Å². The predicted octanol–water partition coefficient (Wildman–Crippen LogP) is 6.54. The normalized spacial score (nSPS) is 12.5. The minimum Gasteiger partial charge on any atom is -0.354 e. The largest absolute Gasteiger partial charge is 0.416 e. The zero-order chi connectivity index (χ0) is 31.1. The minimum absolute atomic E-state index is 0.151. The Hall–Kier alpha value is -3.28. The highest BCUT2D eigenvalue weighted by atomic mass is 35.5. The number of alkyl halides is 3. The topological polar surface area (TPSA) is 86.8 Å². The highest BCUT2D eigenvalue weighted by molar-refractivity contribution is 7.92. The Morgan fingerprint density at radius 2 is 1.55 bits per heavy atom. The van der Waals surface area contributed by atoms with Crippen molar-refractivity contribution < 1.29 is 31.2 Å². The Bertz CT molecular complexity index is 1490. The van der Waals surface area contributed by atoms with Crippen LogP contribution in [0.25, 0.3) is 0 Å². The first kappa shape index (κ1) is 33.2.